The topological polar surface area (TPSA) is 80.4 Å². The number of carbonyl (C=O) groups is 1. The largest absolute Gasteiger partial charge is 1.00 e. The van der Waals surface area contributed by atoms with E-state index in [-0.39, 0.29) is 18.2 Å². The predicted molar refractivity (Wildman–Crippen MR) is 129 cm³/mol. The molecule has 35 heavy (non-hydrogen) atoms. The highest BCUT2D eigenvalue weighted by atomic mass is 35.5. The van der Waals surface area contributed by atoms with E-state index in [9.17, 15) is 15.0 Å². The highest BCUT2D eigenvalue weighted by Crippen LogP contribution is 2.38. The van der Waals surface area contributed by atoms with Crippen LogP contribution >= 0.6 is 0 Å². The number of likely N-dealkylation sites (tertiary alicyclic amines) is 1. The Morgan fingerprint density at radius 2 is 1.66 bits per heavy atom. The van der Waals surface area contributed by atoms with Crippen LogP contribution in [0.4, 0.5) is 0 Å². The number of piperidine rings is 1. The van der Waals surface area contributed by atoms with Gasteiger partial charge in [-0.1, -0.05) is 54.6 Å². The molecule has 0 aromatic heterocycles. The van der Waals surface area contributed by atoms with Crippen molar-refractivity contribution in [3.05, 3.63) is 95.6 Å². The number of rotatable bonds is 8. The summed E-state index contributed by atoms with van der Waals surface area (Å²) in [7, 11) is 3.15. The Morgan fingerprint density at radius 3 is 2.34 bits per heavy atom. The van der Waals surface area contributed by atoms with Gasteiger partial charge in [-0.25, -0.2) is 0 Å². The van der Waals surface area contributed by atoms with Crippen molar-refractivity contribution in [3.8, 4) is 11.5 Å². The van der Waals surface area contributed by atoms with E-state index in [1.165, 1.54) is 0 Å². The van der Waals surface area contributed by atoms with E-state index < -0.39 is 17.6 Å². The predicted octanol–water partition coefficient (Wildman–Crippen LogP) is -0.583. The van der Waals surface area contributed by atoms with Gasteiger partial charge in [-0.15, -0.1) is 0 Å². The lowest BCUT2D eigenvalue weighted by atomic mass is 9.72. The maximum atomic E-state index is 13.8. The molecule has 3 N–H and O–H groups in total. The van der Waals surface area contributed by atoms with Crippen molar-refractivity contribution in [2.75, 3.05) is 33.9 Å². The number of Topliss-reactive ketones (excluding diaryl/α,β-unsaturated/α-hetero) is 1. The standard InChI is InChI=1S/C28H31NO5.ClH/c1-33-23-12-6-10-21(16-23)27(31)25-18-29(19-26(30)20-8-4-3-5-9-20)15-14-28(25,32)22-11-7-13-24(17-22)34-2;/h3-13,16-17,25-26,30,32H,14-15,18-19H2,1-2H3;1H. The van der Waals surface area contributed by atoms with Gasteiger partial charge in [-0.3, -0.25) is 4.79 Å². The summed E-state index contributed by atoms with van der Waals surface area (Å²) < 4.78 is 10.7. The third-order valence-electron chi connectivity index (χ3n) is 6.84. The monoisotopic (exact) mass is 497 g/mol. The van der Waals surface area contributed by atoms with Crippen molar-refractivity contribution in [1.82, 2.24) is 0 Å². The minimum atomic E-state index is -1.35. The molecule has 186 valence electrons. The molecule has 4 atom stereocenters. The quantitative estimate of drug-likeness (QED) is 0.363. The average Bonchev–Trinajstić information content (AvgIpc) is 2.90. The summed E-state index contributed by atoms with van der Waals surface area (Å²) in [5.41, 5.74) is 0.654. The first kappa shape index (κ1) is 26.7. The van der Waals surface area contributed by atoms with Crippen molar-refractivity contribution < 1.29 is 41.8 Å². The van der Waals surface area contributed by atoms with Gasteiger partial charge in [0.15, 0.2) is 5.78 Å². The Labute approximate surface area is 212 Å². The molecular formula is C28H32ClNO5. The zero-order chi connectivity index (χ0) is 24.1. The first-order valence-electron chi connectivity index (χ1n) is 11.6. The number of halogens is 1. The van der Waals surface area contributed by atoms with Gasteiger partial charge < -0.3 is 37.0 Å². The summed E-state index contributed by atoms with van der Waals surface area (Å²) in [5.74, 6) is 0.386. The second kappa shape index (κ2) is 11.7. The number of quaternary nitrogens is 1. The SMILES string of the molecule is COc1cccc(C(=O)C2C[NH+](CC(O)c3ccccc3)CCC2(O)c2cccc(OC)c2)c1.[Cl-]. The van der Waals surface area contributed by atoms with Crippen LogP contribution in [0.1, 0.15) is 34.0 Å². The maximum absolute atomic E-state index is 13.8. The summed E-state index contributed by atoms with van der Waals surface area (Å²) in [6.07, 6.45) is -0.260. The number of carbonyl (C=O) groups excluding carboxylic acids is 1. The second-order valence-electron chi connectivity index (χ2n) is 8.89. The van der Waals surface area contributed by atoms with E-state index in [1.807, 2.05) is 48.5 Å². The normalized spacial score (nSPS) is 22.5. The van der Waals surface area contributed by atoms with Gasteiger partial charge in [-0.05, 0) is 35.4 Å². The summed E-state index contributed by atoms with van der Waals surface area (Å²) in [5, 5.41) is 22.8. The number of nitrogens with one attached hydrogen (secondary N) is 1. The molecule has 1 fully saturated rings. The molecule has 0 amide bonds. The van der Waals surface area contributed by atoms with Crippen molar-refractivity contribution in [1.29, 1.82) is 0 Å². The highest BCUT2D eigenvalue weighted by molar-refractivity contribution is 5.99. The summed E-state index contributed by atoms with van der Waals surface area (Å²) >= 11 is 0. The number of ketones is 1. The fraction of sp³-hybridized carbons (Fsp3) is 0.321. The molecule has 1 aliphatic rings. The van der Waals surface area contributed by atoms with Gasteiger partial charge in [-0.2, -0.15) is 0 Å². The fourth-order valence-electron chi connectivity index (χ4n) is 4.88. The van der Waals surface area contributed by atoms with Gasteiger partial charge in [0.1, 0.15) is 35.7 Å². The molecular weight excluding hydrogens is 466 g/mol. The molecule has 0 radical (unpaired) electrons. The zero-order valence-corrected chi connectivity index (χ0v) is 20.7. The number of benzene rings is 3. The molecule has 1 aliphatic heterocycles. The van der Waals surface area contributed by atoms with Crippen molar-refractivity contribution >= 4 is 5.78 Å². The Balaban J connectivity index is 0.00000342. The average molecular weight is 498 g/mol. The minimum absolute atomic E-state index is 0. The van der Waals surface area contributed by atoms with Gasteiger partial charge in [0.05, 0.1) is 27.3 Å². The van der Waals surface area contributed by atoms with Crippen molar-refractivity contribution in [3.63, 3.8) is 0 Å². The van der Waals surface area contributed by atoms with Gasteiger partial charge in [0.2, 0.25) is 0 Å². The van der Waals surface area contributed by atoms with E-state index >= 15 is 0 Å². The highest BCUT2D eigenvalue weighted by Gasteiger charge is 2.49. The van der Waals surface area contributed by atoms with Crippen molar-refractivity contribution in [2.24, 2.45) is 5.92 Å². The molecule has 1 heterocycles. The molecule has 3 aromatic carbocycles. The Kier molecular flexibility index (Phi) is 8.92. The number of hydrogen-bond donors (Lipinski definition) is 3. The smallest absolute Gasteiger partial charge is 0.174 e. The molecule has 7 heteroatoms. The second-order valence-corrected chi connectivity index (χ2v) is 8.89. The van der Waals surface area contributed by atoms with Crippen molar-refractivity contribution in [2.45, 2.75) is 18.1 Å². The number of aliphatic hydroxyl groups excluding tert-OH is 1. The first-order valence-corrected chi connectivity index (χ1v) is 11.6. The van der Waals surface area contributed by atoms with E-state index in [0.717, 1.165) is 10.5 Å². The lowest BCUT2D eigenvalue weighted by Crippen LogP contribution is -3.15. The molecule has 0 saturated carbocycles. The van der Waals surface area contributed by atoms with Crippen LogP contribution in [0.2, 0.25) is 0 Å². The Hall–Kier alpha value is -2.90. The third kappa shape index (κ3) is 5.85. The number of ether oxygens (including phenoxy) is 2. The van der Waals surface area contributed by atoms with Crippen LogP contribution < -0.4 is 26.8 Å². The number of aliphatic hydroxyl groups is 2. The Morgan fingerprint density at radius 1 is 1.00 bits per heavy atom. The number of hydrogen-bond acceptors (Lipinski definition) is 5. The maximum Gasteiger partial charge on any atom is 0.174 e. The van der Waals surface area contributed by atoms with Crippen LogP contribution in [0.3, 0.4) is 0 Å². The molecule has 4 rings (SSSR count). The molecule has 0 aliphatic carbocycles. The lowest BCUT2D eigenvalue weighted by molar-refractivity contribution is -0.914. The summed E-state index contributed by atoms with van der Waals surface area (Å²) in [6, 6.07) is 23.9. The minimum Gasteiger partial charge on any atom is -1.00 e. The number of methoxy groups -OCH3 is 2. The molecule has 6 nitrogen and oxygen atoms in total. The van der Waals surface area contributed by atoms with E-state index in [2.05, 4.69) is 0 Å². The van der Waals surface area contributed by atoms with Gasteiger partial charge in [0.25, 0.3) is 0 Å². The fourth-order valence-corrected chi connectivity index (χ4v) is 4.88. The van der Waals surface area contributed by atoms with Crippen LogP contribution in [0.25, 0.3) is 0 Å². The van der Waals surface area contributed by atoms with Crippen LogP contribution in [-0.2, 0) is 5.60 Å². The van der Waals surface area contributed by atoms with Gasteiger partial charge in [0, 0.05) is 12.0 Å². The summed E-state index contributed by atoms with van der Waals surface area (Å²) in [6.45, 7) is 1.48. The molecule has 0 spiro atoms. The molecule has 4 unspecified atom stereocenters. The van der Waals surface area contributed by atoms with E-state index in [1.54, 1.807) is 44.6 Å². The van der Waals surface area contributed by atoms with E-state index in [0.29, 0.717) is 48.7 Å². The van der Waals surface area contributed by atoms with Crippen LogP contribution in [0, 0.1) is 5.92 Å². The molecule has 1 saturated heterocycles. The van der Waals surface area contributed by atoms with Crippen LogP contribution in [-0.4, -0.2) is 49.9 Å². The molecule has 3 aromatic rings. The van der Waals surface area contributed by atoms with Crippen LogP contribution in [0.15, 0.2) is 78.9 Å². The third-order valence-corrected chi connectivity index (χ3v) is 6.84. The molecule has 0 bridgehead atoms. The first-order chi connectivity index (χ1) is 16.4. The Bertz CT molecular complexity index is 1130. The van der Waals surface area contributed by atoms with Crippen LogP contribution in [0.5, 0.6) is 11.5 Å². The zero-order valence-electron chi connectivity index (χ0n) is 20.0. The summed E-state index contributed by atoms with van der Waals surface area (Å²) in [4.78, 5) is 14.9. The van der Waals surface area contributed by atoms with E-state index in [4.69, 9.17) is 9.47 Å². The van der Waals surface area contributed by atoms with Gasteiger partial charge >= 0.3 is 0 Å². The lowest BCUT2D eigenvalue weighted by Gasteiger charge is -2.42.